The molecule has 0 atom stereocenters. The van der Waals surface area contributed by atoms with Crippen LogP contribution in [-0.4, -0.2) is 9.13 Å². The van der Waals surface area contributed by atoms with Crippen LogP contribution in [0.1, 0.15) is 0 Å². The van der Waals surface area contributed by atoms with Gasteiger partial charge in [0.15, 0.2) is 0 Å². The Bertz CT molecular complexity index is 3470. The summed E-state index contributed by atoms with van der Waals surface area (Å²) in [6, 6.07) is 75.5. The molecular formula is C54H34N2S. The summed E-state index contributed by atoms with van der Waals surface area (Å²) in [5, 5.41) is 7.76. The van der Waals surface area contributed by atoms with Crippen molar-refractivity contribution in [2.24, 2.45) is 0 Å². The third-order valence-corrected chi connectivity index (χ3v) is 13.0. The first-order valence-corrected chi connectivity index (χ1v) is 20.3. The van der Waals surface area contributed by atoms with Gasteiger partial charge in [0.05, 0.1) is 26.8 Å². The number of hydrogen-bond donors (Lipinski definition) is 0. The monoisotopic (exact) mass is 742 g/mol. The first-order chi connectivity index (χ1) is 28.3. The first kappa shape index (κ1) is 32.1. The molecule has 266 valence electrons. The second-order valence-corrected chi connectivity index (χ2v) is 16.0. The molecule has 12 rings (SSSR count). The highest BCUT2D eigenvalue weighted by atomic mass is 32.1. The fraction of sp³-hybridized carbons (Fsp3) is 0. The van der Waals surface area contributed by atoms with Crippen LogP contribution in [0, 0.1) is 0 Å². The van der Waals surface area contributed by atoms with E-state index in [9.17, 15) is 0 Å². The lowest BCUT2D eigenvalue weighted by atomic mass is 10.00. The molecule has 0 unspecified atom stereocenters. The molecule has 0 saturated heterocycles. The summed E-state index contributed by atoms with van der Waals surface area (Å²) in [6.45, 7) is 0. The van der Waals surface area contributed by atoms with E-state index in [1.54, 1.807) is 0 Å². The molecule has 57 heavy (non-hydrogen) atoms. The molecule has 0 saturated carbocycles. The van der Waals surface area contributed by atoms with E-state index >= 15 is 0 Å². The summed E-state index contributed by atoms with van der Waals surface area (Å²) in [5.74, 6) is 0. The summed E-state index contributed by atoms with van der Waals surface area (Å²) in [4.78, 5) is 0. The van der Waals surface area contributed by atoms with E-state index in [0.29, 0.717) is 0 Å². The van der Waals surface area contributed by atoms with Crippen LogP contribution in [-0.2, 0) is 0 Å². The second kappa shape index (κ2) is 12.7. The van der Waals surface area contributed by atoms with Gasteiger partial charge in [0.1, 0.15) is 0 Å². The fourth-order valence-electron chi connectivity index (χ4n) is 9.02. The second-order valence-electron chi connectivity index (χ2n) is 14.9. The van der Waals surface area contributed by atoms with Crippen LogP contribution in [0.15, 0.2) is 206 Å². The minimum absolute atomic E-state index is 1.16. The van der Waals surface area contributed by atoms with Crippen LogP contribution in [0.25, 0.3) is 109 Å². The Kier molecular flexibility index (Phi) is 7.13. The standard InChI is InChI=1S/C54H34N2S/c1-2-10-35(11-3-1)40-26-31-45-43-12-4-7-15-49(43)55(51(45)34-40)41-27-22-38(23-28-41)36-18-20-37(21-19-36)39-24-29-42(30-25-39)56-50-16-8-5-13-44(50)47-32-33-48-46-14-6-9-17-52(46)57-54(48)53(47)56/h1-34H. The maximum Gasteiger partial charge on any atom is 0.0719 e. The van der Waals surface area contributed by atoms with Gasteiger partial charge >= 0.3 is 0 Å². The van der Waals surface area contributed by atoms with E-state index in [1.807, 2.05) is 11.3 Å². The summed E-state index contributed by atoms with van der Waals surface area (Å²) < 4.78 is 7.52. The van der Waals surface area contributed by atoms with Crippen LogP contribution in [0.5, 0.6) is 0 Å². The molecule has 0 fully saturated rings. The van der Waals surface area contributed by atoms with Crippen molar-refractivity contribution in [2.75, 3.05) is 0 Å². The van der Waals surface area contributed by atoms with Crippen molar-refractivity contribution in [3.05, 3.63) is 206 Å². The van der Waals surface area contributed by atoms with Gasteiger partial charge in [-0.1, -0.05) is 158 Å². The molecule has 12 aromatic rings. The van der Waals surface area contributed by atoms with E-state index in [2.05, 4.69) is 215 Å². The van der Waals surface area contributed by atoms with Crippen LogP contribution in [0.4, 0.5) is 0 Å². The minimum atomic E-state index is 1.16. The third kappa shape index (κ3) is 5.03. The zero-order valence-electron chi connectivity index (χ0n) is 30.9. The lowest BCUT2D eigenvalue weighted by Crippen LogP contribution is -1.94. The van der Waals surface area contributed by atoms with Crippen molar-refractivity contribution in [3.8, 4) is 44.8 Å². The quantitative estimate of drug-likeness (QED) is 0.166. The Balaban J connectivity index is 0.877. The number of aromatic nitrogens is 2. The Morgan fingerprint density at radius 3 is 1.39 bits per heavy atom. The van der Waals surface area contributed by atoms with Gasteiger partial charge in [0, 0.05) is 48.4 Å². The third-order valence-electron chi connectivity index (χ3n) is 11.8. The summed E-state index contributed by atoms with van der Waals surface area (Å²) in [5.41, 5.74) is 14.5. The van der Waals surface area contributed by atoms with Crippen molar-refractivity contribution in [2.45, 2.75) is 0 Å². The predicted molar refractivity (Wildman–Crippen MR) is 244 cm³/mol. The molecule has 0 aliphatic heterocycles. The maximum absolute atomic E-state index is 2.46. The number of thiophene rings is 1. The van der Waals surface area contributed by atoms with Crippen LogP contribution in [0.2, 0.25) is 0 Å². The number of fused-ring (bicyclic) bond motifs is 10. The number of hydrogen-bond acceptors (Lipinski definition) is 1. The van der Waals surface area contributed by atoms with Crippen LogP contribution < -0.4 is 0 Å². The molecule has 0 N–H and O–H groups in total. The number of nitrogens with zero attached hydrogens (tertiary/aromatic N) is 2. The first-order valence-electron chi connectivity index (χ1n) is 19.5. The van der Waals surface area contributed by atoms with Gasteiger partial charge < -0.3 is 9.13 Å². The highest BCUT2D eigenvalue weighted by molar-refractivity contribution is 7.26. The smallest absolute Gasteiger partial charge is 0.0719 e. The molecule has 0 radical (unpaired) electrons. The average Bonchev–Trinajstić information content (AvgIpc) is 3.95. The summed E-state index contributed by atoms with van der Waals surface area (Å²) in [6.07, 6.45) is 0. The summed E-state index contributed by atoms with van der Waals surface area (Å²) in [7, 11) is 0. The molecule has 0 bridgehead atoms. The highest BCUT2D eigenvalue weighted by Crippen LogP contribution is 2.43. The normalized spacial score (nSPS) is 11.9. The molecule has 0 amide bonds. The molecule has 0 spiro atoms. The summed E-state index contributed by atoms with van der Waals surface area (Å²) >= 11 is 1.89. The van der Waals surface area contributed by atoms with Crippen LogP contribution >= 0.6 is 11.3 Å². The van der Waals surface area contributed by atoms with Gasteiger partial charge in [-0.05, 0) is 81.9 Å². The van der Waals surface area contributed by atoms with Crippen molar-refractivity contribution in [1.29, 1.82) is 0 Å². The fourth-order valence-corrected chi connectivity index (χ4v) is 10.3. The molecule has 0 aliphatic carbocycles. The minimum Gasteiger partial charge on any atom is -0.309 e. The van der Waals surface area contributed by atoms with E-state index in [-0.39, 0.29) is 0 Å². The van der Waals surface area contributed by atoms with Gasteiger partial charge in [-0.3, -0.25) is 0 Å². The molecule has 0 aliphatic rings. The maximum atomic E-state index is 2.46. The topological polar surface area (TPSA) is 9.86 Å². The van der Waals surface area contributed by atoms with E-state index in [1.165, 1.54) is 103 Å². The Morgan fingerprint density at radius 1 is 0.281 bits per heavy atom. The Labute approximate surface area is 333 Å². The van der Waals surface area contributed by atoms with Crippen molar-refractivity contribution < 1.29 is 0 Å². The Morgan fingerprint density at radius 2 is 0.719 bits per heavy atom. The molecular weight excluding hydrogens is 709 g/mol. The number of rotatable bonds is 5. The Hall–Kier alpha value is -7.20. The lowest BCUT2D eigenvalue weighted by molar-refractivity contribution is 1.18. The van der Waals surface area contributed by atoms with Gasteiger partial charge in [-0.2, -0.15) is 0 Å². The van der Waals surface area contributed by atoms with Gasteiger partial charge in [-0.15, -0.1) is 11.3 Å². The average molecular weight is 743 g/mol. The molecule has 9 aromatic carbocycles. The van der Waals surface area contributed by atoms with Crippen LogP contribution in [0.3, 0.4) is 0 Å². The van der Waals surface area contributed by atoms with Crippen molar-refractivity contribution >= 4 is 75.1 Å². The van der Waals surface area contributed by atoms with E-state index in [4.69, 9.17) is 0 Å². The molecule has 3 heteroatoms. The van der Waals surface area contributed by atoms with E-state index < -0.39 is 0 Å². The number of para-hydroxylation sites is 2. The van der Waals surface area contributed by atoms with Gasteiger partial charge in [-0.25, -0.2) is 0 Å². The van der Waals surface area contributed by atoms with Gasteiger partial charge in [0.25, 0.3) is 0 Å². The zero-order chi connectivity index (χ0) is 37.5. The molecule has 2 nitrogen and oxygen atoms in total. The van der Waals surface area contributed by atoms with Gasteiger partial charge in [0.2, 0.25) is 0 Å². The number of benzene rings is 9. The lowest BCUT2D eigenvalue weighted by Gasteiger charge is -2.11. The molecule has 3 heterocycles. The molecule has 3 aromatic heterocycles. The predicted octanol–water partition coefficient (Wildman–Crippen LogP) is 15.2. The van der Waals surface area contributed by atoms with Crippen molar-refractivity contribution in [3.63, 3.8) is 0 Å². The van der Waals surface area contributed by atoms with Crippen molar-refractivity contribution in [1.82, 2.24) is 9.13 Å². The SMILES string of the molecule is c1ccc(-c2ccc3c4ccccc4n(-c4ccc(-c5ccc(-c6ccc(-n7c8ccccc8c8ccc9c%10ccccc%10sc9c87)cc6)cc5)cc4)c3c2)cc1. The van der Waals surface area contributed by atoms with E-state index in [0.717, 1.165) is 5.69 Å². The zero-order valence-corrected chi connectivity index (χ0v) is 31.7. The largest absolute Gasteiger partial charge is 0.309 e. The highest BCUT2D eigenvalue weighted by Gasteiger charge is 2.18.